The van der Waals surface area contributed by atoms with E-state index in [2.05, 4.69) is 73.6 Å². The Kier molecular flexibility index (Phi) is 10.9. The number of fused-ring (bicyclic) bond motifs is 3. The Labute approximate surface area is 151 Å². The van der Waals surface area contributed by atoms with Gasteiger partial charge in [0.1, 0.15) is 0 Å². The standard InChI is InChI=1S/C13H9.C5H5.2CH3.Si.Zr/c1-3-7-12-10(5-1)9-11-6-2-4-8-13(11)12;1-2-4-5-3-1;;;;/h1-9H;1-3H,4H2;2*1H3;;/q4*-1;;. The van der Waals surface area contributed by atoms with Gasteiger partial charge in [0.15, 0.2) is 0 Å². The number of rotatable bonds is 0. The van der Waals surface area contributed by atoms with Gasteiger partial charge in [0.25, 0.3) is 0 Å². The Morgan fingerprint density at radius 3 is 1.73 bits per heavy atom. The SMILES string of the molecule is [C-]1=CC=CC1.[CH3-].[CH3-].[Si]=[Zr].c1ccc2c(c1)[cH-]c1ccccc12. The van der Waals surface area contributed by atoms with E-state index < -0.39 is 0 Å². The van der Waals surface area contributed by atoms with E-state index in [0.29, 0.717) is 0 Å². The molecule has 0 amide bonds. The van der Waals surface area contributed by atoms with Gasteiger partial charge in [-0.25, -0.2) is 12.2 Å². The summed E-state index contributed by atoms with van der Waals surface area (Å²) in [5.41, 5.74) is 0. The molecule has 22 heavy (non-hydrogen) atoms. The zero-order chi connectivity index (χ0) is 14.2. The first-order chi connectivity index (χ1) is 9.95. The van der Waals surface area contributed by atoms with Crippen LogP contribution in [-0.2, 0) is 23.3 Å². The zero-order valence-electron chi connectivity index (χ0n) is 13.1. The molecule has 0 aliphatic heterocycles. The summed E-state index contributed by atoms with van der Waals surface area (Å²) in [4.78, 5) is 0. The summed E-state index contributed by atoms with van der Waals surface area (Å²) in [7, 11) is 0. The first-order valence-electron chi connectivity index (χ1n) is 6.45. The first kappa shape index (κ1) is 20.9. The molecule has 3 aromatic carbocycles. The summed E-state index contributed by atoms with van der Waals surface area (Å²) in [6, 6.07) is 19.3. The van der Waals surface area contributed by atoms with Gasteiger partial charge < -0.3 is 14.9 Å². The maximum atomic E-state index is 3.06. The van der Waals surface area contributed by atoms with Gasteiger partial charge in [-0.3, -0.25) is 6.08 Å². The number of hydrogen-bond donors (Lipinski definition) is 0. The largest absolute Gasteiger partial charge is 0.126 e. The molecular weight excluding hydrogens is 360 g/mol. The van der Waals surface area contributed by atoms with Gasteiger partial charge in [-0.1, -0.05) is 36.4 Å². The monoisotopic (exact) mass is 378 g/mol. The van der Waals surface area contributed by atoms with Crippen molar-refractivity contribution in [3.8, 4) is 0 Å². The second-order valence-electron chi connectivity index (χ2n) is 4.32. The predicted molar refractivity (Wildman–Crippen MR) is 97.2 cm³/mol. The van der Waals surface area contributed by atoms with E-state index in [1.165, 1.54) is 44.9 Å². The van der Waals surface area contributed by atoms with Crippen LogP contribution < -0.4 is 0 Å². The molecule has 3 aromatic rings. The number of hydrogen-bond acceptors (Lipinski definition) is 0. The van der Waals surface area contributed by atoms with Crippen LogP contribution in [0.5, 0.6) is 0 Å². The van der Waals surface area contributed by atoms with Crippen LogP contribution in [-0.4, -0.2) is 6.88 Å². The molecule has 4 rings (SSSR count). The normalized spacial score (nSPS) is 10.7. The third kappa shape index (κ3) is 5.26. The quantitative estimate of drug-likeness (QED) is 0.355. The van der Waals surface area contributed by atoms with Gasteiger partial charge in [-0.05, 0) is 0 Å². The first-order valence-corrected chi connectivity index (χ1v) is 10.6. The second kappa shape index (κ2) is 11.5. The molecule has 0 N–H and O–H groups in total. The third-order valence-electron chi connectivity index (χ3n) is 3.11. The molecule has 0 saturated heterocycles. The van der Waals surface area contributed by atoms with E-state index in [4.69, 9.17) is 0 Å². The maximum Gasteiger partial charge on any atom is -0.0771 e. The van der Waals surface area contributed by atoms with E-state index in [0.717, 1.165) is 6.42 Å². The van der Waals surface area contributed by atoms with Gasteiger partial charge >= 0.3 is 30.2 Å². The number of allylic oxidation sites excluding steroid dienone is 4. The van der Waals surface area contributed by atoms with Crippen LogP contribution in [0.2, 0.25) is 0 Å². The van der Waals surface area contributed by atoms with Crippen molar-refractivity contribution in [2.45, 2.75) is 6.42 Å². The molecule has 0 bridgehead atoms. The summed E-state index contributed by atoms with van der Waals surface area (Å²) in [5.74, 6) is 0. The van der Waals surface area contributed by atoms with E-state index in [1.807, 2.05) is 12.2 Å². The molecular formula is C20H20SiZr-4. The van der Waals surface area contributed by atoms with Crippen LogP contribution in [0.4, 0.5) is 0 Å². The molecule has 0 fully saturated rings. The molecule has 0 aromatic heterocycles. The van der Waals surface area contributed by atoms with Gasteiger partial charge in [-0.2, -0.15) is 6.08 Å². The summed E-state index contributed by atoms with van der Waals surface area (Å²) in [5, 5.41) is 5.39. The molecule has 0 heterocycles. The third-order valence-corrected chi connectivity index (χ3v) is 3.11. The van der Waals surface area contributed by atoms with Crippen LogP contribution in [0.1, 0.15) is 6.42 Å². The maximum absolute atomic E-state index is 3.06. The fourth-order valence-corrected chi connectivity index (χ4v) is 2.24. The minimum Gasteiger partial charge on any atom is -0.126 e. The molecule has 0 spiro atoms. The smallest absolute Gasteiger partial charge is 0.0771 e. The summed E-state index contributed by atoms with van der Waals surface area (Å²) in [6.45, 7) is 3.06. The molecule has 0 atom stereocenters. The van der Waals surface area contributed by atoms with Crippen LogP contribution >= 0.6 is 0 Å². The molecule has 2 radical (unpaired) electrons. The minimum absolute atomic E-state index is 0. The van der Waals surface area contributed by atoms with Crippen molar-refractivity contribution in [3.05, 3.63) is 93.8 Å². The summed E-state index contributed by atoms with van der Waals surface area (Å²) >= 11 is 1.36. The van der Waals surface area contributed by atoms with Crippen molar-refractivity contribution in [2.75, 3.05) is 0 Å². The Balaban J connectivity index is 0.000000422. The van der Waals surface area contributed by atoms with Crippen molar-refractivity contribution >= 4 is 28.4 Å². The zero-order valence-corrected chi connectivity index (χ0v) is 16.6. The van der Waals surface area contributed by atoms with Crippen molar-refractivity contribution in [1.82, 2.24) is 0 Å². The fraction of sp³-hybridized carbons (Fsp3) is 0.0500. The van der Waals surface area contributed by atoms with Crippen molar-refractivity contribution in [2.24, 2.45) is 0 Å². The molecule has 0 saturated carbocycles. The molecule has 112 valence electrons. The van der Waals surface area contributed by atoms with Gasteiger partial charge in [-0.15, -0.1) is 46.2 Å². The van der Waals surface area contributed by atoms with Gasteiger partial charge in [0.05, 0.1) is 0 Å². The van der Waals surface area contributed by atoms with E-state index in [9.17, 15) is 0 Å². The second-order valence-corrected chi connectivity index (χ2v) is 4.32. The molecule has 1 aliphatic rings. The Bertz CT molecular complexity index is 677. The van der Waals surface area contributed by atoms with Crippen molar-refractivity contribution < 1.29 is 23.3 Å². The van der Waals surface area contributed by atoms with E-state index >= 15 is 0 Å². The number of benzene rings is 2. The average Bonchev–Trinajstić information content (AvgIpc) is 3.20. The van der Waals surface area contributed by atoms with Crippen molar-refractivity contribution in [3.63, 3.8) is 0 Å². The molecule has 0 unspecified atom stereocenters. The molecule has 2 heteroatoms. The fourth-order valence-electron chi connectivity index (χ4n) is 2.24. The van der Waals surface area contributed by atoms with Crippen LogP contribution in [0, 0.1) is 20.9 Å². The predicted octanol–water partition coefficient (Wildman–Crippen LogP) is 5.53. The van der Waals surface area contributed by atoms with Crippen LogP contribution in [0.15, 0.2) is 72.8 Å². The van der Waals surface area contributed by atoms with Crippen LogP contribution in [0.25, 0.3) is 21.5 Å². The molecule has 0 nitrogen and oxygen atoms in total. The average molecular weight is 380 g/mol. The Hall–Kier alpha value is -1.11. The summed E-state index contributed by atoms with van der Waals surface area (Å²) in [6.07, 6.45) is 10.0. The summed E-state index contributed by atoms with van der Waals surface area (Å²) < 4.78 is 0. The van der Waals surface area contributed by atoms with Gasteiger partial charge in [0.2, 0.25) is 0 Å². The van der Waals surface area contributed by atoms with E-state index in [1.54, 1.807) is 0 Å². The molecule has 1 aliphatic carbocycles. The van der Waals surface area contributed by atoms with E-state index in [-0.39, 0.29) is 14.9 Å². The Morgan fingerprint density at radius 2 is 1.36 bits per heavy atom. The van der Waals surface area contributed by atoms with Crippen molar-refractivity contribution in [1.29, 1.82) is 0 Å². The Morgan fingerprint density at radius 1 is 0.864 bits per heavy atom. The van der Waals surface area contributed by atoms with Gasteiger partial charge in [0, 0.05) is 0 Å². The van der Waals surface area contributed by atoms with Crippen LogP contribution in [0.3, 0.4) is 0 Å². The topological polar surface area (TPSA) is 0 Å². The minimum atomic E-state index is 0.